The van der Waals surface area contributed by atoms with Crippen molar-refractivity contribution in [1.82, 2.24) is 16.1 Å². The van der Waals surface area contributed by atoms with Crippen molar-refractivity contribution in [3.63, 3.8) is 0 Å². The number of nitrogens with one attached hydrogen (secondary N) is 3. The molecule has 210 valence electrons. The van der Waals surface area contributed by atoms with Gasteiger partial charge in [0.1, 0.15) is 12.4 Å². The number of hydrogen-bond acceptors (Lipinski definition) is 9. The van der Waals surface area contributed by atoms with Gasteiger partial charge >= 0.3 is 12.0 Å². The van der Waals surface area contributed by atoms with Gasteiger partial charge < -0.3 is 34.7 Å². The standard InChI is InChI=1S/C28H36N4O7/c1-5-7-14-38-21-11-8-19(9-12-21)16-29-32-24(33)17-39-22-13-10-20(15-23(22)37-6-2)26-25(27(34)36-4)18(3)30-28(35)31-26/h8-13,15-16,24,26,32-33H,5-7,14,17H2,1-4H3,(H2,30,31,35)/b29-16-/t24-,26+/m1/s1. The number of ether oxygens (including phenoxy) is 4. The van der Waals surface area contributed by atoms with Crippen molar-refractivity contribution in [3.05, 3.63) is 64.9 Å². The van der Waals surface area contributed by atoms with Gasteiger partial charge in [-0.05, 0) is 67.8 Å². The molecule has 0 saturated carbocycles. The zero-order chi connectivity index (χ0) is 28.2. The van der Waals surface area contributed by atoms with Crippen molar-refractivity contribution < 1.29 is 33.6 Å². The summed E-state index contributed by atoms with van der Waals surface area (Å²) in [5, 5.41) is 19.7. The number of nitrogens with zero attached hydrogens (tertiary/aromatic N) is 1. The number of aliphatic hydroxyl groups is 1. The molecule has 39 heavy (non-hydrogen) atoms. The number of allylic oxidation sites excluding steroid dienone is 1. The van der Waals surface area contributed by atoms with Crippen molar-refractivity contribution in [1.29, 1.82) is 0 Å². The van der Waals surface area contributed by atoms with E-state index in [0.29, 0.717) is 36.0 Å². The maximum absolute atomic E-state index is 12.4. The van der Waals surface area contributed by atoms with Crippen LogP contribution in [-0.2, 0) is 9.53 Å². The molecule has 0 radical (unpaired) electrons. The highest BCUT2D eigenvalue weighted by Gasteiger charge is 2.32. The van der Waals surface area contributed by atoms with Crippen LogP contribution >= 0.6 is 0 Å². The molecule has 3 rings (SSSR count). The maximum Gasteiger partial charge on any atom is 0.337 e. The number of unbranched alkanes of at least 4 members (excludes halogenated alkanes) is 1. The van der Waals surface area contributed by atoms with E-state index in [-0.39, 0.29) is 12.2 Å². The van der Waals surface area contributed by atoms with Crippen LogP contribution < -0.4 is 30.3 Å². The summed E-state index contributed by atoms with van der Waals surface area (Å²) in [5.41, 5.74) is 4.75. The van der Waals surface area contributed by atoms with Gasteiger partial charge in [0.15, 0.2) is 17.7 Å². The second-order valence-corrected chi connectivity index (χ2v) is 8.69. The van der Waals surface area contributed by atoms with Crippen molar-refractivity contribution >= 4 is 18.2 Å². The molecule has 2 aromatic rings. The van der Waals surface area contributed by atoms with Crippen LogP contribution in [0.1, 0.15) is 50.8 Å². The van der Waals surface area contributed by atoms with E-state index < -0.39 is 24.3 Å². The lowest BCUT2D eigenvalue weighted by atomic mass is 9.95. The lowest BCUT2D eigenvalue weighted by molar-refractivity contribution is -0.136. The summed E-state index contributed by atoms with van der Waals surface area (Å²) in [6, 6.07) is 11.4. The van der Waals surface area contributed by atoms with E-state index in [1.807, 2.05) is 31.2 Å². The Labute approximate surface area is 228 Å². The fourth-order valence-corrected chi connectivity index (χ4v) is 3.80. The Morgan fingerprint density at radius 2 is 1.90 bits per heavy atom. The highest BCUT2D eigenvalue weighted by molar-refractivity contribution is 5.95. The average molecular weight is 541 g/mol. The molecule has 2 amide bonds. The van der Waals surface area contributed by atoms with Crippen molar-refractivity contribution in [2.75, 3.05) is 26.9 Å². The van der Waals surface area contributed by atoms with Gasteiger partial charge in [-0.15, -0.1) is 0 Å². The summed E-state index contributed by atoms with van der Waals surface area (Å²) >= 11 is 0. The van der Waals surface area contributed by atoms with Crippen LogP contribution in [0.15, 0.2) is 58.8 Å². The number of aliphatic hydroxyl groups excluding tert-OH is 1. The predicted molar refractivity (Wildman–Crippen MR) is 146 cm³/mol. The highest BCUT2D eigenvalue weighted by atomic mass is 16.5. The third kappa shape index (κ3) is 8.37. The van der Waals surface area contributed by atoms with Crippen LogP contribution in [0, 0.1) is 0 Å². The van der Waals surface area contributed by atoms with E-state index >= 15 is 0 Å². The van der Waals surface area contributed by atoms with Crippen LogP contribution in [0.5, 0.6) is 17.2 Å². The molecule has 0 bridgehead atoms. The third-order valence-electron chi connectivity index (χ3n) is 5.76. The largest absolute Gasteiger partial charge is 0.494 e. The number of carbonyl (C=O) groups is 2. The first-order valence-corrected chi connectivity index (χ1v) is 12.8. The third-order valence-corrected chi connectivity index (χ3v) is 5.76. The molecule has 0 aromatic heterocycles. The molecule has 4 N–H and O–H groups in total. The maximum atomic E-state index is 12.4. The lowest BCUT2D eigenvalue weighted by Gasteiger charge is -2.28. The minimum absolute atomic E-state index is 0.114. The number of esters is 1. The van der Waals surface area contributed by atoms with Crippen molar-refractivity contribution in [2.24, 2.45) is 5.10 Å². The van der Waals surface area contributed by atoms with Crippen LogP contribution in [0.4, 0.5) is 4.79 Å². The molecule has 0 unspecified atom stereocenters. The van der Waals surface area contributed by atoms with E-state index in [0.717, 1.165) is 24.2 Å². The minimum Gasteiger partial charge on any atom is -0.494 e. The first-order valence-electron chi connectivity index (χ1n) is 12.8. The van der Waals surface area contributed by atoms with Gasteiger partial charge in [0, 0.05) is 5.70 Å². The molecule has 1 aliphatic heterocycles. The van der Waals surface area contributed by atoms with Gasteiger partial charge in [-0.3, -0.25) is 5.43 Å². The molecular weight excluding hydrogens is 504 g/mol. The predicted octanol–water partition coefficient (Wildman–Crippen LogP) is 3.39. The Hall–Kier alpha value is -4.25. The molecule has 11 nitrogen and oxygen atoms in total. The van der Waals surface area contributed by atoms with E-state index in [4.69, 9.17) is 18.9 Å². The first-order chi connectivity index (χ1) is 18.9. The molecular formula is C28H36N4O7. The van der Waals surface area contributed by atoms with Crippen molar-refractivity contribution in [3.8, 4) is 17.2 Å². The van der Waals surface area contributed by atoms with Gasteiger partial charge in [0.25, 0.3) is 0 Å². The van der Waals surface area contributed by atoms with E-state index in [2.05, 4.69) is 28.1 Å². The number of rotatable bonds is 14. The number of carbonyl (C=O) groups excluding carboxylic acids is 2. The summed E-state index contributed by atoms with van der Waals surface area (Å²) in [6.45, 7) is 6.49. The van der Waals surface area contributed by atoms with Gasteiger partial charge in [0.05, 0.1) is 38.2 Å². The van der Waals surface area contributed by atoms with Crippen LogP contribution in [0.3, 0.4) is 0 Å². The fourth-order valence-electron chi connectivity index (χ4n) is 3.80. The van der Waals surface area contributed by atoms with Crippen LogP contribution in [0.25, 0.3) is 0 Å². The smallest absolute Gasteiger partial charge is 0.337 e. The quantitative estimate of drug-likeness (QED) is 0.0940. The second-order valence-electron chi connectivity index (χ2n) is 8.69. The monoisotopic (exact) mass is 540 g/mol. The second kappa shape index (κ2) is 14.6. The minimum atomic E-state index is -1.09. The molecule has 2 aromatic carbocycles. The fraction of sp³-hybridized carbons (Fsp3) is 0.393. The Kier molecular flexibility index (Phi) is 11.0. The summed E-state index contributed by atoms with van der Waals surface area (Å²) in [6.07, 6.45) is 2.58. The molecule has 0 aliphatic carbocycles. The van der Waals surface area contributed by atoms with E-state index in [9.17, 15) is 14.7 Å². The molecule has 1 aliphatic rings. The Morgan fingerprint density at radius 1 is 1.13 bits per heavy atom. The number of amides is 2. The molecule has 1 heterocycles. The van der Waals surface area contributed by atoms with Crippen molar-refractivity contribution in [2.45, 2.75) is 45.9 Å². The summed E-state index contributed by atoms with van der Waals surface area (Å²) in [5.74, 6) is 1.01. The Morgan fingerprint density at radius 3 is 2.59 bits per heavy atom. The molecule has 0 fully saturated rings. The zero-order valence-electron chi connectivity index (χ0n) is 22.7. The molecule has 0 saturated heterocycles. The molecule has 11 heteroatoms. The number of hydrogen-bond donors (Lipinski definition) is 4. The Bertz CT molecular complexity index is 1180. The highest BCUT2D eigenvalue weighted by Crippen LogP contribution is 2.34. The average Bonchev–Trinajstić information content (AvgIpc) is 2.92. The zero-order valence-corrected chi connectivity index (χ0v) is 22.7. The summed E-state index contributed by atoms with van der Waals surface area (Å²) < 4.78 is 22.0. The van der Waals surface area contributed by atoms with Gasteiger partial charge in [-0.2, -0.15) is 5.10 Å². The molecule has 0 spiro atoms. The van der Waals surface area contributed by atoms with E-state index in [1.54, 1.807) is 31.3 Å². The van der Waals surface area contributed by atoms with E-state index in [1.165, 1.54) is 7.11 Å². The van der Waals surface area contributed by atoms with Gasteiger partial charge in [0.2, 0.25) is 0 Å². The van der Waals surface area contributed by atoms with Crippen LogP contribution in [0.2, 0.25) is 0 Å². The number of benzene rings is 2. The summed E-state index contributed by atoms with van der Waals surface area (Å²) in [4.78, 5) is 24.5. The topological polar surface area (TPSA) is 140 Å². The Balaban J connectivity index is 1.62. The molecule has 2 atom stereocenters. The first kappa shape index (κ1) is 29.3. The number of methoxy groups -OCH3 is 1. The van der Waals surface area contributed by atoms with Gasteiger partial charge in [-0.25, -0.2) is 9.59 Å². The lowest BCUT2D eigenvalue weighted by Crippen LogP contribution is -2.45. The SMILES string of the molecule is CCCCOc1ccc(/C=N\N[C@H](O)COc2ccc([C@@H]3NC(=O)NC(C)=C3C(=O)OC)cc2OCC)cc1. The normalized spacial score (nSPS) is 15.8. The number of urea groups is 1. The summed E-state index contributed by atoms with van der Waals surface area (Å²) in [7, 11) is 1.28. The van der Waals surface area contributed by atoms with Crippen LogP contribution in [-0.4, -0.2) is 56.5 Å². The van der Waals surface area contributed by atoms with Gasteiger partial charge in [-0.1, -0.05) is 19.4 Å². The number of hydrazone groups is 1.